The molecule has 0 heterocycles. The van der Waals surface area contributed by atoms with E-state index in [2.05, 4.69) is 91.0 Å². The summed E-state index contributed by atoms with van der Waals surface area (Å²) < 4.78 is 0. The van der Waals surface area contributed by atoms with E-state index in [0.717, 1.165) is 0 Å². The van der Waals surface area contributed by atoms with Crippen molar-refractivity contribution >= 4 is 23.8 Å². The molecule has 0 aliphatic heterocycles. The van der Waals surface area contributed by atoms with Crippen molar-refractivity contribution in [3.8, 4) is 0 Å². The summed E-state index contributed by atoms with van der Waals surface area (Å²) in [5, 5.41) is 4.19. The van der Waals surface area contributed by atoms with E-state index in [0.29, 0.717) is 0 Å². The summed E-state index contributed by atoms with van der Waals surface area (Å²) in [5.74, 6) is 0. The third-order valence-corrected chi connectivity index (χ3v) is 6.04. The van der Waals surface area contributed by atoms with Crippen LogP contribution in [0.4, 0.5) is 0 Å². The number of hydrogen-bond donors (Lipinski definition) is 0. The Morgan fingerprint density at radius 3 is 0.846 bits per heavy atom. The molecule has 1 fully saturated rings. The van der Waals surface area contributed by atoms with Crippen LogP contribution in [-0.4, -0.2) is 0 Å². The minimum atomic E-state index is -0.446. The molecule has 0 bridgehead atoms. The summed E-state index contributed by atoms with van der Waals surface area (Å²) in [6.45, 7) is 0. The zero-order valence-corrected chi connectivity index (χ0v) is 17.6. The maximum atomic E-state index is 2.23. The van der Waals surface area contributed by atoms with Gasteiger partial charge in [-0.05, 0) is 55.9 Å². The van der Waals surface area contributed by atoms with E-state index < -0.39 is 7.92 Å². The first kappa shape index (κ1) is 23.0. The summed E-state index contributed by atoms with van der Waals surface area (Å²) >= 11 is 0. The van der Waals surface area contributed by atoms with Crippen LogP contribution in [0.1, 0.15) is 0 Å². The molecule has 0 spiro atoms. The van der Waals surface area contributed by atoms with Gasteiger partial charge in [0.05, 0.1) is 0 Å². The summed E-state index contributed by atoms with van der Waals surface area (Å²) in [4.78, 5) is 0. The van der Waals surface area contributed by atoms with Gasteiger partial charge in [-0.3, -0.25) is 0 Å². The molecule has 0 amide bonds. The molecule has 26 heavy (non-hydrogen) atoms. The fraction of sp³-hybridized carbons (Fsp3) is 0. The van der Waals surface area contributed by atoms with Crippen molar-refractivity contribution in [1.82, 2.24) is 0 Å². The Morgan fingerprint density at radius 2 is 0.615 bits per heavy atom. The molecule has 3 aromatic carbocycles. The van der Waals surface area contributed by atoms with Gasteiger partial charge in [0.25, 0.3) is 0 Å². The smallest absolute Gasteiger partial charge is 1.00 e. The molecule has 0 unspecified atom stereocenters. The van der Waals surface area contributed by atoms with Crippen molar-refractivity contribution in [3.63, 3.8) is 0 Å². The van der Waals surface area contributed by atoms with Gasteiger partial charge in [-0.25, -0.2) is 0 Å². The van der Waals surface area contributed by atoms with Gasteiger partial charge in [-0.2, -0.15) is 0 Å². The fourth-order valence-corrected chi connectivity index (χ4v) is 4.80. The van der Waals surface area contributed by atoms with Crippen LogP contribution in [0.2, 0.25) is 0 Å². The van der Waals surface area contributed by atoms with Gasteiger partial charge < -0.3 is 12.4 Å². The van der Waals surface area contributed by atoms with Crippen LogP contribution in [0.3, 0.4) is 0 Å². The topological polar surface area (TPSA) is 0 Å². The SMILES string of the molecule is [CH]1[CH][CH][CH][CH]1.[Cl-].[Ru+2].c1ccc(P(c2ccccc2)c2ccccc2)cc1. The predicted octanol–water partition coefficient (Wildman–Crippen LogP) is 1.47. The van der Waals surface area contributed by atoms with Crippen LogP contribution in [0.5, 0.6) is 0 Å². The molecule has 1 saturated carbocycles. The molecule has 0 saturated heterocycles. The summed E-state index contributed by atoms with van der Waals surface area (Å²) in [6, 6.07) is 32.3. The minimum Gasteiger partial charge on any atom is -1.00 e. The standard InChI is InChI=1S/C18H15P.C5H5.ClH.Ru/c1-4-10-16(11-5-1)19(17-12-6-2-7-13-17)18-14-8-3-9-15-18;1-2-4-5-3-1;;/h1-15H;1-5H;1H;/q;;;+2/p-1. The number of hydrogen-bond acceptors (Lipinski definition) is 0. The molecule has 1 aliphatic carbocycles. The van der Waals surface area contributed by atoms with Gasteiger partial charge in [0, 0.05) is 0 Å². The van der Waals surface area contributed by atoms with Gasteiger partial charge >= 0.3 is 19.5 Å². The van der Waals surface area contributed by atoms with Crippen molar-refractivity contribution in [1.29, 1.82) is 0 Å². The van der Waals surface area contributed by atoms with E-state index in [9.17, 15) is 0 Å². The van der Waals surface area contributed by atoms with E-state index >= 15 is 0 Å². The van der Waals surface area contributed by atoms with Gasteiger partial charge in [0.1, 0.15) is 0 Å². The van der Waals surface area contributed by atoms with Crippen LogP contribution < -0.4 is 28.3 Å². The maximum absolute atomic E-state index is 2.23. The predicted molar refractivity (Wildman–Crippen MR) is 107 cm³/mol. The first-order valence-electron chi connectivity index (χ1n) is 8.07. The second-order valence-electron chi connectivity index (χ2n) is 5.30. The molecule has 5 radical (unpaired) electrons. The molecule has 131 valence electrons. The number of rotatable bonds is 3. The molecular formula is C23H20ClPRu+. The van der Waals surface area contributed by atoms with E-state index in [1.165, 1.54) is 15.9 Å². The van der Waals surface area contributed by atoms with Crippen molar-refractivity contribution in [3.05, 3.63) is 123 Å². The molecule has 1 aliphatic rings. The van der Waals surface area contributed by atoms with Gasteiger partial charge in [-0.1, -0.05) is 91.0 Å². The van der Waals surface area contributed by atoms with Crippen LogP contribution in [-0.2, 0) is 19.5 Å². The first-order valence-corrected chi connectivity index (χ1v) is 9.41. The molecule has 0 atom stereocenters. The average Bonchev–Trinajstić information content (AvgIpc) is 3.25. The van der Waals surface area contributed by atoms with Crippen molar-refractivity contribution in [2.75, 3.05) is 0 Å². The Hall–Kier alpha value is -0.997. The zero-order chi connectivity index (χ0) is 16.5. The Balaban J connectivity index is 0.000000421. The Morgan fingerprint density at radius 1 is 0.385 bits per heavy atom. The molecule has 3 heteroatoms. The summed E-state index contributed by atoms with van der Waals surface area (Å²) in [7, 11) is -0.446. The van der Waals surface area contributed by atoms with Crippen LogP contribution in [0.15, 0.2) is 91.0 Å². The van der Waals surface area contributed by atoms with Crippen molar-refractivity contribution in [2.24, 2.45) is 0 Å². The van der Waals surface area contributed by atoms with E-state index in [4.69, 9.17) is 0 Å². The summed E-state index contributed by atoms with van der Waals surface area (Å²) in [5.41, 5.74) is 0. The Labute approximate surface area is 178 Å². The van der Waals surface area contributed by atoms with Crippen molar-refractivity contribution < 1.29 is 31.9 Å². The molecule has 4 rings (SSSR count). The van der Waals surface area contributed by atoms with Gasteiger partial charge in [0.15, 0.2) is 0 Å². The third kappa shape index (κ3) is 6.96. The Bertz CT molecular complexity index is 599. The largest absolute Gasteiger partial charge is 2.00 e. The maximum Gasteiger partial charge on any atom is 2.00 e. The van der Waals surface area contributed by atoms with E-state index in [1.54, 1.807) is 0 Å². The van der Waals surface area contributed by atoms with E-state index in [-0.39, 0.29) is 31.9 Å². The quantitative estimate of drug-likeness (QED) is 0.408. The normalized spacial score (nSPS) is 12.3. The Kier molecular flexibility index (Phi) is 11.7. The number of benzene rings is 3. The second kappa shape index (κ2) is 13.2. The molecular weight excluding hydrogens is 444 g/mol. The van der Waals surface area contributed by atoms with Gasteiger partial charge in [-0.15, -0.1) is 0 Å². The molecule has 0 nitrogen and oxygen atoms in total. The van der Waals surface area contributed by atoms with Crippen LogP contribution >= 0.6 is 7.92 Å². The minimum absolute atomic E-state index is 0. The number of halogens is 1. The van der Waals surface area contributed by atoms with Crippen LogP contribution in [0, 0.1) is 32.1 Å². The van der Waals surface area contributed by atoms with Crippen molar-refractivity contribution in [2.45, 2.75) is 0 Å². The monoisotopic (exact) mass is 464 g/mol. The second-order valence-corrected chi connectivity index (χ2v) is 7.52. The third-order valence-electron chi connectivity index (χ3n) is 3.60. The fourth-order valence-electron chi connectivity index (χ4n) is 2.50. The zero-order valence-electron chi connectivity index (χ0n) is 14.2. The molecule has 3 aromatic rings. The molecule has 0 N–H and O–H groups in total. The molecule has 0 aromatic heterocycles. The van der Waals surface area contributed by atoms with Gasteiger partial charge in [0.2, 0.25) is 0 Å². The summed E-state index contributed by atoms with van der Waals surface area (Å²) in [6.07, 6.45) is 10.0. The first-order chi connectivity index (χ1) is 11.9. The average molecular weight is 464 g/mol. The van der Waals surface area contributed by atoms with E-state index in [1.807, 2.05) is 32.1 Å². The van der Waals surface area contributed by atoms with Crippen LogP contribution in [0.25, 0.3) is 0 Å².